The van der Waals surface area contributed by atoms with Gasteiger partial charge in [-0.15, -0.1) is 0 Å². The van der Waals surface area contributed by atoms with Crippen molar-refractivity contribution in [2.24, 2.45) is 5.11 Å². The number of H-pyrrole nitrogens is 1. The van der Waals surface area contributed by atoms with Crippen molar-refractivity contribution in [1.82, 2.24) is 15.1 Å². The highest BCUT2D eigenvalue weighted by molar-refractivity contribution is 5.92. The fourth-order valence-electron chi connectivity index (χ4n) is 1.39. The van der Waals surface area contributed by atoms with E-state index < -0.39 is 0 Å². The molecule has 0 radical (unpaired) electrons. The fraction of sp³-hybridized carbons (Fsp3) is 0.375. The van der Waals surface area contributed by atoms with E-state index in [1.807, 2.05) is 0 Å². The van der Waals surface area contributed by atoms with Gasteiger partial charge in [0.25, 0.3) is 11.5 Å². The van der Waals surface area contributed by atoms with Crippen molar-refractivity contribution < 1.29 is 4.79 Å². The molecule has 0 aromatic carbocycles. The Kier molecular flexibility index (Phi) is 2.57. The lowest BCUT2D eigenvalue weighted by Gasteiger charge is -2.36. The van der Waals surface area contributed by atoms with Crippen LogP contribution in [0.5, 0.6) is 0 Å². The number of azide groups is 1. The average molecular weight is 220 g/mol. The molecule has 82 valence electrons. The van der Waals surface area contributed by atoms with Crippen LogP contribution in [-0.2, 0) is 0 Å². The molecule has 1 aromatic heterocycles. The molecule has 0 aliphatic carbocycles. The van der Waals surface area contributed by atoms with Crippen LogP contribution in [0.15, 0.2) is 22.0 Å². The van der Waals surface area contributed by atoms with Gasteiger partial charge in [0.2, 0.25) is 0 Å². The zero-order valence-electron chi connectivity index (χ0n) is 8.20. The highest BCUT2D eigenvalue weighted by Gasteiger charge is 2.30. The molecule has 8 heteroatoms. The summed E-state index contributed by atoms with van der Waals surface area (Å²) >= 11 is 0. The molecule has 1 N–H and O–H groups in total. The van der Waals surface area contributed by atoms with Gasteiger partial charge in [0.1, 0.15) is 5.69 Å². The van der Waals surface area contributed by atoms with E-state index in [1.165, 1.54) is 17.0 Å². The Morgan fingerprint density at radius 3 is 2.94 bits per heavy atom. The zero-order valence-corrected chi connectivity index (χ0v) is 8.20. The van der Waals surface area contributed by atoms with Gasteiger partial charge in [-0.2, -0.15) is 5.10 Å². The van der Waals surface area contributed by atoms with Crippen molar-refractivity contribution in [3.05, 3.63) is 38.6 Å². The van der Waals surface area contributed by atoms with Crippen molar-refractivity contribution in [1.29, 1.82) is 0 Å². The largest absolute Gasteiger partial charge is 0.336 e. The van der Waals surface area contributed by atoms with Crippen molar-refractivity contribution in [2.45, 2.75) is 6.04 Å². The third-order valence-corrected chi connectivity index (χ3v) is 2.26. The first-order valence-electron chi connectivity index (χ1n) is 4.60. The quantitative estimate of drug-likeness (QED) is 0.426. The molecule has 8 nitrogen and oxygen atoms in total. The first kappa shape index (κ1) is 10.2. The van der Waals surface area contributed by atoms with Crippen LogP contribution in [0.4, 0.5) is 0 Å². The Labute approximate surface area is 89.5 Å². The number of hydrogen-bond donors (Lipinski definition) is 1. The zero-order chi connectivity index (χ0) is 11.5. The number of aromatic nitrogens is 2. The van der Waals surface area contributed by atoms with Crippen molar-refractivity contribution in [3.63, 3.8) is 0 Å². The van der Waals surface area contributed by atoms with Gasteiger partial charge in [0.05, 0.1) is 6.04 Å². The second-order valence-corrected chi connectivity index (χ2v) is 3.38. The lowest BCUT2D eigenvalue weighted by molar-refractivity contribution is 0.0601. The summed E-state index contributed by atoms with van der Waals surface area (Å²) in [6, 6.07) is 2.45. The van der Waals surface area contributed by atoms with E-state index >= 15 is 0 Å². The van der Waals surface area contributed by atoms with Crippen LogP contribution in [0.3, 0.4) is 0 Å². The van der Waals surface area contributed by atoms with Gasteiger partial charge >= 0.3 is 0 Å². The first-order chi connectivity index (χ1) is 7.70. The number of rotatable bonds is 2. The maximum atomic E-state index is 11.7. The predicted molar refractivity (Wildman–Crippen MR) is 53.7 cm³/mol. The Morgan fingerprint density at radius 1 is 1.62 bits per heavy atom. The van der Waals surface area contributed by atoms with Gasteiger partial charge in [-0.1, -0.05) is 5.11 Å². The van der Waals surface area contributed by atoms with E-state index in [1.54, 1.807) is 0 Å². The van der Waals surface area contributed by atoms with E-state index in [2.05, 4.69) is 20.2 Å². The highest BCUT2D eigenvalue weighted by Crippen LogP contribution is 2.14. The maximum Gasteiger partial charge on any atom is 0.274 e. The minimum absolute atomic E-state index is 0.156. The molecular formula is C8H8N6O2. The fourth-order valence-corrected chi connectivity index (χ4v) is 1.39. The Balaban J connectivity index is 2.02. The number of hydrogen-bond acceptors (Lipinski definition) is 4. The van der Waals surface area contributed by atoms with Gasteiger partial charge in [-0.3, -0.25) is 9.59 Å². The van der Waals surface area contributed by atoms with Crippen LogP contribution in [0.2, 0.25) is 0 Å². The third-order valence-electron chi connectivity index (χ3n) is 2.26. The number of amides is 1. The summed E-state index contributed by atoms with van der Waals surface area (Å²) in [6.07, 6.45) is 0. The van der Waals surface area contributed by atoms with Crippen LogP contribution < -0.4 is 5.56 Å². The van der Waals surface area contributed by atoms with Gasteiger partial charge in [0.15, 0.2) is 0 Å². The molecule has 1 fully saturated rings. The average Bonchev–Trinajstić information content (AvgIpc) is 2.23. The molecule has 16 heavy (non-hydrogen) atoms. The van der Waals surface area contributed by atoms with Gasteiger partial charge in [-0.25, -0.2) is 5.10 Å². The molecule has 1 saturated heterocycles. The summed E-state index contributed by atoms with van der Waals surface area (Å²) in [7, 11) is 0. The number of nitrogens with zero attached hydrogens (tertiary/aromatic N) is 5. The van der Waals surface area contributed by atoms with Crippen LogP contribution in [0, 0.1) is 0 Å². The summed E-state index contributed by atoms with van der Waals surface area (Å²) in [6.45, 7) is 0.785. The second-order valence-electron chi connectivity index (χ2n) is 3.38. The normalized spacial score (nSPS) is 15.1. The lowest BCUT2D eigenvalue weighted by atomic mass is 10.1. The number of likely N-dealkylation sites (tertiary alicyclic amines) is 1. The van der Waals surface area contributed by atoms with Gasteiger partial charge in [-0.05, 0) is 11.6 Å². The predicted octanol–water partition coefficient (Wildman–Crippen LogP) is -0.0954. The molecular weight excluding hydrogens is 212 g/mol. The summed E-state index contributed by atoms with van der Waals surface area (Å²) in [5, 5.41) is 9.28. The smallest absolute Gasteiger partial charge is 0.274 e. The Morgan fingerprint density at radius 2 is 2.38 bits per heavy atom. The number of nitrogens with one attached hydrogen (secondary N) is 1. The molecule has 1 aromatic rings. The Bertz CT molecular complexity index is 491. The molecule has 0 bridgehead atoms. The van der Waals surface area contributed by atoms with Crippen molar-refractivity contribution >= 4 is 5.91 Å². The molecule has 1 aliphatic rings. The number of carbonyl (C=O) groups excluding carboxylic acids is 1. The SMILES string of the molecule is [N-]=[N+]=NC1CN(C(=O)c2ccc(=O)[nH]n2)C1. The standard InChI is InChI=1S/C8H8N6O2/c9-13-10-5-3-14(4-5)8(16)6-1-2-7(15)12-11-6/h1-2,5H,3-4H2,(H,12,15). The van der Waals surface area contributed by atoms with E-state index in [9.17, 15) is 9.59 Å². The number of aromatic amines is 1. The topological polar surface area (TPSA) is 115 Å². The van der Waals surface area contributed by atoms with Crippen LogP contribution in [0.25, 0.3) is 10.4 Å². The van der Waals surface area contributed by atoms with Gasteiger partial charge < -0.3 is 4.90 Å². The molecule has 2 heterocycles. The van der Waals surface area contributed by atoms with Crippen LogP contribution >= 0.6 is 0 Å². The summed E-state index contributed by atoms with van der Waals surface area (Å²) in [5.41, 5.74) is 8.00. The summed E-state index contributed by atoms with van der Waals surface area (Å²) < 4.78 is 0. The maximum absolute atomic E-state index is 11.7. The molecule has 0 saturated carbocycles. The molecule has 0 atom stereocenters. The van der Waals surface area contributed by atoms with Crippen molar-refractivity contribution in [3.8, 4) is 0 Å². The minimum Gasteiger partial charge on any atom is -0.336 e. The Hall–Kier alpha value is -2.34. The first-order valence-corrected chi connectivity index (χ1v) is 4.60. The van der Waals surface area contributed by atoms with E-state index in [0.717, 1.165) is 0 Å². The van der Waals surface area contributed by atoms with Crippen LogP contribution in [0.1, 0.15) is 10.5 Å². The lowest BCUT2D eigenvalue weighted by Crippen LogP contribution is -2.52. The molecule has 0 spiro atoms. The molecule has 2 rings (SSSR count). The number of carbonyl (C=O) groups is 1. The van der Waals surface area contributed by atoms with E-state index in [-0.39, 0.29) is 23.2 Å². The third kappa shape index (κ3) is 1.86. The molecule has 1 amide bonds. The van der Waals surface area contributed by atoms with E-state index in [4.69, 9.17) is 5.53 Å². The summed E-state index contributed by atoms with van der Waals surface area (Å²) in [5.74, 6) is -0.277. The second kappa shape index (κ2) is 4.03. The molecule has 0 unspecified atom stereocenters. The van der Waals surface area contributed by atoms with E-state index in [0.29, 0.717) is 13.1 Å². The summed E-state index contributed by atoms with van der Waals surface area (Å²) in [4.78, 5) is 26.6. The van der Waals surface area contributed by atoms with Crippen molar-refractivity contribution in [2.75, 3.05) is 13.1 Å². The minimum atomic E-state index is -0.355. The molecule has 1 aliphatic heterocycles. The van der Waals surface area contributed by atoms with Crippen LogP contribution in [-0.4, -0.2) is 40.1 Å². The monoisotopic (exact) mass is 220 g/mol. The highest BCUT2D eigenvalue weighted by atomic mass is 16.2. The van der Waals surface area contributed by atoms with Gasteiger partial charge in [0, 0.05) is 24.1 Å².